The molecule has 1 aromatic rings. The molecule has 2 aliphatic rings. The minimum Gasteiger partial charge on any atom is -0.309 e. The molecular weight excluding hydrogens is 292 g/mol. The van der Waals surface area contributed by atoms with Crippen LogP contribution in [0.2, 0.25) is 0 Å². The fourth-order valence-corrected chi connectivity index (χ4v) is 5.51. The quantitative estimate of drug-likeness (QED) is 0.909. The maximum Gasteiger partial charge on any atom is 0.252 e. The van der Waals surface area contributed by atoms with Crippen molar-refractivity contribution >= 4 is 21.4 Å². The molecule has 112 valence electrons. The number of hydrogen-bond donors (Lipinski definition) is 1. The topological polar surface area (TPSA) is 49.4 Å². The number of rotatable bonds is 5. The zero-order valence-electron chi connectivity index (χ0n) is 11.7. The number of sulfonamides is 1. The summed E-state index contributed by atoms with van der Waals surface area (Å²) < 4.78 is 27.4. The SMILES string of the molecule is O=S(=O)(c1ccc(CNC2CC2)s1)N1CCCCCC1. The molecule has 0 atom stereocenters. The lowest BCUT2D eigenvalue weighted by atomic mass is 10.2. The maximum absolute atomic E-state index is 12.6. The summed E-state index contributed by atoms with van der Waals surface area (Å²) in [5, 5.41) is 3.43. The molecule has 3 rings (SSSR count). The van der Waals surface area contributed by atoms with Crippen molar-refractivity contribution in [2.75, 3.05) is 13.1 Å². The van der Waals surface area contributed by atoms with Gasteiger partial charge in [0.05, 0.1) is 0 Å². The molecule has 2 fully saturated rings. The highest BCUT2D eigenvalue weighted by Crippen LogP contribution is 2.27. The van der Waals surface area contributed by atoms with Gasteiger partial charge >= 0.3 is 0 Å². The lowest BCUT2D eigenvalue weighted by Crippen LogP contribution is -2.31. The van der Waals surface area contributed by atoms with E-state index in [0.717, 1.165) is 37.1 Å². The van der Waals surface area contributed by atoms with Crippen LogP contribution in [0, 0.1) is 0 Å². The second-order valence-electron chi connectivity index (χ2n) is 5.69. The first kappa shape index (κ1) is 14.5. The number of thiophene rings is 1. The second kappa shape index (κ2) is 6.13. The van der Waals surface area contributed by atoms with E-state index in [1.807, 2.05) is 6.07 Å². The Kier molecular flexibility index (Phi) is 4.45. The fraction of sp³-hybridized carbons (Fsp3) is 0.714. The van der Waals surface area contributed by atoms with Crippen LogP contribution in [0.4, 0.5) is 0 Å². The van der Waals surface area contributed by atoms with Crippen molar-refractivity contribution in [1.29, 1.82) is 0 Å². The van der Waals surface area contributed by atoms with Gasteiger partial charge in [-0.15, -0.1) is 11.3 Å². The zero-order valence-corrected chi connectivity index (χ0v) is 13.3. The van der Waals surface area contributed by atoms with Gasteiger partial charge in [-0.25, -0.2) is 8.42 Å². The van der Waals surface area contributed by atoms with Gasteiger partial charge in [0.1, 0.15) is 4.21 Å². The molecule has 20 heavy (non-hydrogen) atoms. The predicted molar refractivity (Wildman–Crippen MR) is 81.4 cm³/mol. The van der Waals surface area contributed by atoms with E-state index in [2.05, 4.69) is 5.32 Å². The second-order valence-corrected chi connectivity index (χ2v) is 9.03. The van der Waals surface area contributed by atoms with Gasteiger partial charge in [-0.1, -0.05) is 12.8 Å². The molecule has 1 saturated heterocycles. The smallest absolute Gasteiger partial charge is 0.252 e. The van der Waals surface area contributed by atoms with Crippen LogP contribution in [0.3, 0.4) is 0 Å². The van der Waals surface area contributed by atoms with Gasteiger partial charge in [0, 0.05) is 30.6 Å². The summed E-state index contributed by atoms with van der Waals surface area (Å²) in [6, 6.07) is 4.38. The van der Waals surface area contributed by atoms with Crippen LogP contribution in [-0.2, 0) is 16.6 Å². The molecule has 0 bridgehead atoms. The number of nitrogens with one attached hydrogen (secondary N) is 1. The maximum atomic E-state index is 12.6. The molecule has 6 heteroatoms. The van der Waals surface area contributed by atoms with E-state index in [9.17, 15) is 8.42 Å². The molecule has 0 radical (unpaired) electrons. The Morgan fingerprint density at radius 1 is 1.15 bits per heavy atom. The number of nitrogens with zero attached hydrogens (tertiary/aromatic N) is 1. The van der Waals surface area contributed by atoms with E-state index >= 15 is 0 Å². The molecule has 1 aromatic heterocycles. The lowest BCUT2D eigenvalue weighted by Gasteiger charge is -2.18. The first-order valence-electron chi connectivity index (χ1n) is 7.48. The lowest BCUT2D eigenvalue weighted by molar-refractivity contribution is 0.425. The Balaban J connectivity index is 1.69. The first-order valence-corrected chi connectivity index (χ1v) is 9.74. The summed E-state index contributed by atoms with van der Waals surface area (Å²) in [5.41, 5.74) is 0. The van der Waals surface area contributed by atoms with E-state index in [4.69, 9.17) is 0 Å². The van der Waals surface area contributed by atoms with E-state index in [0.29, 0.717) is 23.3 Å². The van der Waals surface area contributed by atoms with Crippen LogP contribution in [0.25, 0.3) is 0 Å². The van der Waals surface area contributed by atoms with Crippen molar-refractivity contribution in [2.24, 2.45) is 0 Å². The third kappa shape index (κ3) is 3.42. The molecule has 0 spiro atoms. The third-order valence-corrected chi connectivity index (χ3v) is 7.39. The molecule has 1 aliphatic heterocycles. The Bertz CT molecular complexity index is 541. The molecule has 0 amide bonds. The normalized spacial score (nSPS) is 21.8. The van der Waals surface area contributed by atoms with Crippen molar-refractivity contribution in [2.45, 2.75) is 55.3 Å². The van der Waals surface area contributed by atoms with Crippen LogP contribution in [-0.4, -0.2) is 31.9 Å². The van der Waals surface area contributed by atoms with Crippen molar-refractivity contribution < 1.29 is 8.42 Å². The van der Waals surface area contributed by atoms with Crippen molar-refractivity contribution in [3.05, 3.63) is 17.0 Å². The Hall–Kier alpha value is -0.430. The van der Waals surface area contributed by atoms with Gasteiger partial charge < -0.3 is 5.32 Å². The van der Waals surface area contributed by atoms with E-state index < -0.39 is 10.0 Å². The van der Waals surface area contributed by atoms with Crippen LogP contribution >= 0.6 is 11.3 Å². The predicted octanol–water partition coefficient (Wildman–Crippen LogP) is 2.56. The highest BCUT2D eigenvalue weighted by atomic mass is 32.2. The molecule has 1 N–H and O–H groups in total. The van der Waals surface area contributed by atoms with Gasteiger partial charge in [0.15, 0.2) is 0 Å². The summed E-state index contributed by atoms with van der Waals surface area (Å²) in [6.45, 7) is 2.15. The van der Waals surface area contributed by atoms with Gasteiger partial charge in [0.25, 0.3) is 10.0 Å². The standard InChI is InChI=1S/C14H22N2O2S2/c17-20(18,16-9-3-1-2-4-10-16)14-8-7-13(19-14)11-15-12-5-6-12/h7-8,12,15H,1-6,9-11H2. The van der Waals surface area contributed by atoms with Crippen LogP contribution in [0.15, 0.2) is 16.3 Å². The summed E-state index contributed by atoms with van der Waals surface area (Å²) in [5.74, 6) is 0. The molecule has 0 unspecified atom stereocenters. The van der Waals surface area contributed by atoms with Crippen LogP contribution < -0.4 is 5.32 Å². The Morgan fingerprint density at radius 3 is 2.50 bits per heavy atom. The van der Waals surface area contributed by atoms with Gasteiger partial charge in [0.2, 0.25) is 0 Å². The Morgan fingerprint density at radius 2 is 1.85 bits per heavy atom. The van der Waals surface area contributed by atoms with Crippen LogP contribution in [0.5, 0.6) is 0 Å². The number of hydrogen-bond acceptors (Lipinski definition) is 4. The molecule has 2 heterocycles. The van der Waals surface area contributed by atoms with Crippen molar-refractivity contribution in [3.63, 3.8) is 0 Å². The largest absolute Gasteiger partial charge is 0.309 e. The molecule has 1 aliphatic carbocycles. The minimum atomic E-state index is -3.26. The Labute approximate surface area is 125 Å². The van der Waals surface area contributed by atoms with Gasteiger partial charge in [-0.2, -0.15) is 4.31 Å². The monoisotopic (exact) mass is 314 g/mol. The van der Waals surface area contributed by atoms with E-state index in [1.54, 1.807) is 10.4 Å². The molecule has 4 nitrogen and oxygen atoms in total. The van der Waals surface area contributed by atoms with E-state index in [1.165, 1.54) is 24.2 Å². The molecule has 1 saturated carbocycles. The fourth-order valence-electron chi connectivity index (χ4n) is 2.53. The zero-order chi connectivity index (χ0) is 14.0. The summed E-state index contributed by atoms with van der Waals surface area (Å²) >= 11 is 1.42. The molecule has 0 aromatic carbocycles. The van der Waals surface area contributed by atoms with E-state index in [-0.39, 0.29) is 0 Å². The summed E-state index contributed by atoms with van der Waals surface area (Å²) in [6.07, 6.45) is 6.77. The van der Waals surface area contributed by atoms with Gasteiger partial charge in [-0.3, -0.25) is 0 Å². The van der Waals surface area contributed by atoms with Crippen molar-refractivity contribution in [3.8, 4) is 0 Å². The third-order valence-electron chi connectivity index (χ3n) is 3.94. The minimum absolute atomic E-state index is 0.506. The highest BCUT2D eigenvalue weighted by Gasteiger charge is 2.27. The average Bonchev–Trinajstić information content (AvgIpc) is 3.19. The van der Waals surface area contributed by atoms with Gasteiger partial charge in [-0.05, 0) is 37.8 Å². The van der Waals surface area contributed by atoms with Crippen LogP contribution in [0.1, 0.15) is 43.4 Å². The molecular formula is C14H22N2O2S2. The van der Waals surface area contributed by atoms with Crippen molar-refractivity contribution in [1.82, 2.24) is 9.62 Å². The summed E-state index contributed by atoms with van der Waals surface area (Å²) in [4.78, 5) is 1.12. The first-order chi connectivity index (χ1) is 9.66. The summed E-state index contributed by atoms with van der Waals surface area (Å²) in [7, 11) is -3.26. The highest BCUT2D eigenvalue weighted by molar-refractivity contribution is 7.91. The average molecular weight is 314 g/mol.